The highest BCUT2D eigenvalue weighted by molar-refractivity contribution is 6.01. The van der Waals surface area contributed by atoms with Crippen molar-refractivity contribution in [2.45, 2.75) is 32.1 Å². The van der Waals surface area contributed by atoms with Gasteiger partial charge in [-0.05, 0) is 36.5 Å². The average Bonchev–Trinajstić information content (AvgIpc) is 2.90. The summed E-state index contributed by atoms with van der Waals surface area (Å²) in [5.74, 6) is 0.156. The third-order valence-electron chi connectivity index (χ3n) is 3.92. The van der Waals surface area contributed by atoms with Crippen LogP contribution in [0.1, 0.15) is 46.4 Å². The van der Waals surface area contributed by atoms with Gasteiger partial charge < -0.3 is 0 Å². The van der Waals surface area contributed by atoms with E-state index in [0.717, 1.165) is 30.5 Å². The van der Waals surface area contributed by atoms with Gasteiger partial charge in [0, 0.05) is 11.8 Å². The van der Waals surface area contributed by atoms with Crippen LogP contribution in [0.5, 0.6) is 0 Å². The van der Waals surface area contributed by atoms with Crippen LogP contribution in [0, 0.1) is 0 Å². The third-order valence-corrected chi connectivity index (χ3v) is 3.92. The Kier molecular flexibility index (Phi) is 3.16. The third kappa shape index (κ3) is 2.19. The largest absolute Gasteiger partial charge is 0.293 e. The van der Waals surface area contributed by atoms with Crippen molar-refractivity contribution < 1.29 is 4.79 Å². The van der Waals surface area contributed by atoms with Crippen molar-refractivity contribution in [3.63, 3.8) is 0 Å². The quantitative estimate of drug-likeness (QED) is 0.781. The molecule has 1 unspecified atom stereocenters. The van der Waals surface area contributed by atoms with E-state index < -0.39 is 0 Å². The number of ketones is 1. The topological polar surface area (TPSA) is 30.0 Å². The van der Waals surface area contributed by atoms with Crippen LogP contribution in [0.3, 0.4) is 0 Å². The van der Waals surface area contributed by atoms with E-state index in [1.54, 1.807) is 6.20 Å². The van der Waals surface area contributed by atoms with E-state index in [4.69, 9.17) is 0 Å². The van der Waals surface area contributed by atoms with Crippen molar-refractivity contribution in [3.8, 4) is 0 Å². The molecular formula is C17H17NO. The van der Waals surface area contributed by atoms with Crippen molar-refractivity contribution in [2.24, 2.45) is 0 Å². The second-order valence-corrected chi connectivity index (χ2v) is 5.05. The predicted octanol–water partition coefficient (Wildman–Crippen LogP) is 3.56. The number of carbonyl (C=O) groups excluding carboxylic acids is 1. The maximum atomic E-state index is 12.6. The van der Waals surface area contributed by atoms with E-state index in [2.05, 4.69) is 18.0 Å². The summed E-state index contributed by atoms with van der Waals surface area (Å²) in [7, 11) is 0. The Balaban J connectivity index is 1.89. The molecule has 1 aromatic carbocycles. The first-order valence-electron chi connectivity index (χ1n) is 6.86. The lowest BCUT2D eigenvalue weighted by molar-refractivity contribution is 0.0958. The van der Waals surface area contributed by atoms with E-state index in [1.165, 1.54) is 11.1 Å². The molecule has 0 saturated heterocycles. The molecule has 1 heterocycles. The van der Waals surface area contributed by atoms with Crippen molar-refractivity contribution >= 4 is 5.78 Å². The van der Waals surface area contributed by atoms with Crippen molar-refractivity contribution in [3.05, 3.63) is 65.0 Å². The van der Waals surface area contributed by atoms with Gasteiger partial charge in [0.1, 0.15) is 0 Å². The number of aryl methyl sites for hydroxylation is 2. The van der Waals surface area contributed by atoms with Gasteiger partial charge in [0.15, 0.2) is 5.78 Å². The minimum Gasteiger partial charge on any atom is -0.293 e. The molecule has 0 saturated carbocycles. The van der Waals surface area contributed by atoms with Crippen molar-refractivity contribution in [2.75, 3.05) is 0 Å². The summed E-state index contributed by atoms with van der Waals surface area (Å²) in [5, 5.41) is 0. The molecule has 0 radical (unpaired) electrons. The number of rotatable bonds is 3. The van der Waals surface area contributed by atoms with E-state index in [1.807, 2.05) is 30.3 Å². The Labute approximate surface area is 113 Å². The number of benzene rings is 1. The van der Waals surface area contributed by atoms with Gasteiger partial charge >= 0.3 is 0 Å². The molecule has 1 atom stereocenters. The highest BCUT2D eigenvalue weighted by atomic mass is 16.1. The van der Waals surface area contributed by atoms with Gasteiger partial charge in [-0.2, -0.15) is 0 Å². The zero-order chi connectivity index (χ0) is 13.2. The van der Waals surface area contributed by atoms with E-state index in [9.17, 15) is 4.79 Å². The molecule has 0 spiro atoms. The molecule has 1 aromatic heterocycles. The van der Waals surface area contributed by atoms with Gasteiger partial charge in [-0.25, -0.2) is 0 Å². The molecule has 96 valence electrons. The summed E-state index contributed by atoms with van der Waals surface area (Å²) in [4.78, 5) is 17.0. The van der Waals surface area contributed by atoms with Crippen LogP contribution >= 0.6 is 0 Å². The zero-order valence-electron chi connectivity index (χ0n) is 11.1. The number of Topliss-reactive ketones (excluding diaryl/α,β-unsaturated/α-hetero) is 1. The Morgan fingerprint density at radius 1 is 1.26 bits per heavy atom. The van der Waals surface area contributed by atoms with E-state index in [-0.39, 0.29) is 11.7 Å². The maximum Gasteiger partial charge on any atom is 0.171 e. The minimum atomic E-state index is -0.0522. The minimum absolute atomic E-state index is 0.0522. The van der Waals surface area contributed by atoms with Crippen LogP contribution in [0.2, 0.25) is 0 Å². The summed E-state index contributed by atoms with van der Waals surface area (Å²) < 4.78 is 0. The molecule has 2 heteroatoms. The summed E-state index contributed by atoms with van der Waals surface area (Å²) in [5.41, 5.74) is 4.28. The second kappa shape index (κ2) is 4.96. The molecule has 2 nitrogen and oxygen atoms in total. The van der Waals surface area contributed by atoms with Gasteiger partial charge in [0.2, 0.25) is 0 Å². The molecule has 0 aliphatic heterocycles. The molecule has 3 rings (SSSR count). The Hall–Kier alpha value is -1.96. The number of nitrogens with zero attached hydrogens (tertiary/aromatic N) is 1. The Bertz CT molecular complexity index is 601. The fraction of sp³-hybridized carbons (Fsp3) is 0.294. The highest BCUT2D eigenvalue weighted by Crippen LogP contribution is 2.33. The molecule has 1 aliphatic carbocycles. The van der Waals surface area contributed by atoms with Gasteiger partial charge in [-0.15, -0.1) is 0 Å². The van der Waals surface area contributed by atoms with Crippen LogP contribution in [0.25, 0.3) is 0 Å². The fourth-order valence-corrected chi connectivity index (χ4v) is 2.77. The van der Waals surface area contributed by atoms with Crippen LogP contribution in [0.15, 0.2) is 42.6 Å². The van der Waals surface area contributed by atoms with Crippen LogP contribution in [0.4, 0.5) is 0 Å². The number of carbonyl (C=O) groups is 1. The molecule has 0 N–H and O–H groups in total. The highest BCUT2D eigenvalue weighted by Gasteiger charge is 2.30. The summed E-state index contributed by atoms with van der Waals surface area (Å²) in [6.07, 6.45) is 4.64. The molecule has 19 heavy (non-hydrogen) atoms. The summed E-state index contributed by atoms with van der Waals surface area (Å²) in [6.45, 7) is 2.12. The lowest BCUT2D eigenvalue weighted by Crippen LogP contribution is -2.11. The van der Waals surface area contributed by atoms with Gasteiger partial charge in [0.05, 0.1) is 11.6 Å². The Morgan fingerprint density at radius 3 is 2.79 bits per heavy atom. The van der Waals surface area contributed by atoms with Crippen molar-refractivity contribution in [1.82, 2.24) is 4.98 Å². The number of hydrogen-bond acceptors (Lipinski definition) is 2. The van der Waals surface area contributed by atoms with Crippen LogP contribution in [-0.4, -0.2) is 10.8 Å². The number of pyridine rings is 1. The van der Waals surface area contributed by atoms with E-state index >= 15 is 0 Å². The normalized spacial score (nSPS) is 17.2. The maximum absolute atomic E-state index is 12.6. The molecular weight excluding hydrogens is 234 g/mol. The number of hydrogen-bond donors (Lipinski definition) is 0. The van der Waals surface area contributed by atoms with Crippen molar-refractivity contribution in [1.29, 1.82) is 0 Å². The molecule has 0 fully saturated rings. The van der Waals surface area contributed by atoms with Crippen LogP contribution in [-0.2, 0) is 12.8 Å². The zero-order valence-corrected chi connectivity index (χ0v) is 11.1. The van der Waals surface area contributed by atoms with Gasteiger partial charge in [0.25, 0.3) is 0 Å². The van der Waals surface area contributed by atoms with Gasteiger partial charge in [-0.3, -0.25) is 9.78 Å². The first-order valence-corrected chi connectivity index (χ1v) is 6.86. The Morgan fingerprint density at radius 2 is 2.05 bits per heavy atom. The summed E-state index contributed by atoms with van der Waals surface area (Å²) >= 11 is 0. The van der Waals surface area contributed by atoms with Crippen LogP contribution < -0.4 is 0 Å². The average molecular weight is 251 g/mol. The lowest BCUT2D eigenvalue weighted by Gasteiger charge is -2.10. The molecule has 2 aromatic rings. The first-order chi connectivity index (χ1) is 9.29. The number of fused-ring (bicyclic) bond motifs is 1. The molecule has 0 bridgehead atoms. The number of aromatic nitrogens is 1. The monoisotopic (exact) mass is 251 g/mol. The SMILES string of the molecule is CCc1ccc(C(=O)C2CCc3cccnc32)cc1. The predicted molar refractivity (Wildman–Crippen MR) is 75.4 cm³/mol. The fourth-order valence-electron chi connectivity index (χ4n) is 2.77. The smallest absolute Gasteiger partial charge is 0.171 e. The van der Waals surface area contributed by atoms with Gasteiger partial charge in [-0.1, -0.05) is 37.3 Å². The second-order valence-electron chi connectivity index (χ2n) is 5.05. The van der Waals surface area contributed by atoms with E-state index in [0.29, 0.717) is 0 Å². The molecule has 1 aliphatic rings. The molecule has 0 amide bonds. The lowest BCUT2D eigenvalue weighted by atomic mass is 9.94. The standard InChI is InChI=1S/C17H17NO/c1-2-12-5-7-14(8-6-12)17(19)15-10-9-13-4-3-11-18-16(13)15/h3-8,11,15H,2,9-10H2,1H3. The first kappa shape index (κ1) is 12.1. The summed E-state index contributed by atoms with van der Waals surface area (Å²) in [6, 6.07) is 12.0.